The van der Waals surface area contributed by atoms with E-state index in [-0.39, 0.29) is 5.92 Å². The first-order chi connectivity index (χ1) is 7.29. The molecule has 1 saturated heterocycles. The monoisotopic (exact) mass is 268 g/mol. The Morgan fingerprint density at radius 1 is 1.47 bits per heavy atom. The Hall–Kier alpha value is -0.900. The molecule has 1 aliphatic heterocycles. The number of pyridine rings is 1. The first-order valence-electron chi connectivity index (χ1n) is 5.11. The highest BCUT2D eigenvalue weighted by molar-refractivity contribution is 9.10. The third kappa shape index (κ3) is 2.56. The van der Waals surface area contributed by atoms with Crippen molar-refractivity contribution in [3.05, 3.63) is 22.8 Å². The van der Waals surface area contributed by atoms with Crippen molar-refractivity contribution >= 4 is 28.0 Å². The number of anilines is 1. The van der Waals surface area contributed by atoms with Gasteiger partial charge in [0.2, 0.25) is 0 Å². The maximum absolute atomic E-state index is 10.6. The molecule has 4 heteroatoms. The largest absolute Gasteiger partial charge is 0.357 e. The molecule has 15 heavy (non-hydrogen) atoms. The summed E-state index contributed by atoms with van der Waals surface area (Å²) in [6, 6.07) is 3.93. The predicted octanol–water partition coefficient (Wildman–Crippen LogP) is 2.26. The molecular weight excluding hydrogens is 256 g/mol. The Morgan fingerprint density at radius 2 is 2.20 bits per heavy atom. The number of halogens is 1. The van der Waals surface area contributed by atoms with E-state index in [1.807, 2.05) is 12.1 Å². The van der Waals surface area contributed by atoms with Crippen LogP contribution in [0, 0.1) is 5.92 Å². The molecule has 1 fully saturated rings. The van der Waals surface area contributed by atoms with Crippen LogP contribution in [0.15, 0.2) is 22.8 Å². The Labute approximate surface area is 97.6 Å². The molecule has 1 aromatic rings. The lowest BCUT2D eigenvalue weighted by Gasteiger charge is -2.30. The summed E-state index contributed by atoms with van der Waals surface area (Å²) in [7, 11) is 0. The smallest absolute Gasteiger partial charge is 0.129 e. The van der Waals surface area contributed by atoms with Crippen LogP contribution >= 0.6 is 15.9 Å². The molecule has 0 amide bonds. The molecule has 0 N–H and O–H groups in total. The highest BCUT2D eigenvalue weighted by Crippen LogP contribution is 2.22. The molecular formula is C11H13BrN2O. The topological polar surface area (TPSA) is 33.2 Å². The van der Waals surface area contributed by atoms with Crippen LogP contribution in [0.1, 0.15) is 12.8 Å². The number of carbonyl (C=O) groups excluding carboxylic acids is 1. The fourth-order valence-electron chi connectivity index (χ4n) is 1.83. The van der Waals surface area contributed by atoms with Gasteiger partial charge in [-0.25, -0.2) is 4.98 Å². The van der Waals surface area contributed by atoms with Crippen LogP contribution in [0.2, 0.25) is 0 Å². The van der Waals surface area contributed by atoms with Gasteiger partial charge >= 0.3 is 0 Å². The molecule has 1 aliphatic rings. The maximum atomic E-state index is 10.6. The first-order valence-corrected chi connectivity index (χ1v) is 5.90. The second-order valence-electron chi connectivity index (χ2n) is 3.79. The number of piperidine rings is 1. The number of aldehydes is 1. The number of nitrogens with zero attached hydrogens (tertiary/aromatic N) is 2. The maximum Gasteiger partial charge on any atom is 0.129 e. The zero-order valence-corrected chi connectivity index (χ0v) is 9.98. The van der Waals surface area contributed by atoms with Gasteiger partial charge in [0.1, 0.15) is 12.1 Å². The Bertz CT molecular complexity index is 348. The van der Waals surface area contributed by atoms with Gasteiger partial charge in [0.25, 0.3) is 0 Å². The van der Waals surface area contributed by atoms with E-state index in [2.05, 4.69) is 25.8 Å². The number of rotatable bonds is 2. The first kappa shape index (κ1) is 10.6. The summed E-state index contributed by atoms with van der Waals surface area (Å²) in [5.74, 6) is 1.24. The summed E-state index contributed by atoms with van der Waals surface area (Å²) in [6.45, 7) is 1.85. The number of hydrogen-bond donors (Lipinski definition) is 0. The van der Waals surface area contributed by atoms with Crippen molar-refractivity contribution in [2.45, 2.75) is 12.8 Å². The van der Waals surface area contributed by atoms with Gasteiger partial charge in [-0.3, -0.25) is 0 Å². The Kier molecular flexibility index (Phi) is 3.36. The molecule has 0 aliphatic carbocycles. The minimum atomic E-state index is 0.244. The van der Waals surface area contributed by atoms with E-state index in [0.29, 0.717) is 0 Å². The van der Waals surface area contributed by atoms with Crippen molar-refractivity contribution in [1.29, 1.82) is 0 Å². The molecule has 3 nitrogen and oxygen atoms in total. The van der Waals surface area contributed by atoms with Crippen LogP contribution in [0.5, 0.6) is 0 Å². The van der Waals surface area contributed by atoms with Crippen molar-refractivity contribution in [3.63, 3.8) is 0 Å². The fraction of sp³-hybridized carbons (Fsp3) is 0.455. The average Bonchev–Trinajstić information content (AvgIpc) is 2.29. The molecule has 0 spiro atoms. The number of carbonyl (C=O) groups is 1. The molecule has 0 radical (unpaired) electrons. The summed E-state index contributed by atoms with van der Waals surface area (Å²) in [6.07, 6.45) is 4.76. The van der Waals surface area contributed by atoms with E-state index < -0.39 is 0 Å². The van der Waals surface area contributed by atoms with Crippen molar-refractivity contribution in [3.8, 4) is 0 Å². The molecule has 1 aromatic heterocycles. The van der Waals surface area contributed by atoms with Gasteiger partial charge in [-0.2, -0.15) is 0 Å². The van der Waals surface area contributed by atoms with Crippen molar-refractivity contribution in [1.82, 2.24) is 4.98 Å². The van der Waals surface area contributed by atoms with E-state index in [9.17, 15) is 4.79 Å². The fourth-order valence-corrected chi connectivity index (χ4v) is 2.15. The van der Waals surface area contributed by atoms with Gasteiger partial charge in [-0.1, -0.05) is 15.9 Å². The molecule has 80 valence electrons. The average molecular weight is 269 g/mol. The summed E-state index contributed by atoms with van der Waals surface area (Å²) in [5, 5.41) is 0. The molecule has 0 saturated carbocycles. The third-order valence-electron chi connectivity index (χ3n) is 2.76. The molecule has 0 aromatic carbocycles. The third-order valence-corrected chi connectivity index (χ3v) is 3.26. The molecule has 0 bridgehead atoms. The molecule has 2 heterocycles. The van der Waals surface area contributed by atoms with Crippen molar-refractivity contribution in [2.24, 2.45) is 5.92 Å². The van der Waals surface area contributed by atoms with Crippen molar-refractivity contribution in [2.75, 3.05) is 18.0 Å². The van der Waals surface area contributed by atoms with Gasteiger partial charge < -0.3 is 9.69 Å². The molecule has 0 atom stereocenters. The number of hydrogen-bond acceptors (Lipinski definition) is 3. The zero-order chi connectivity index (χ0) is 10.7. The van der Waals surface area contributed by atoms with Crippen LogP contribution in [0.25, 0.3) is 0 Å². The standard InChI is InChI=1S/C11H13BrN2O/c12-10-1-4-13-11(7-10)14-5-2-9(8-15)3-6-14/h1,4,7-9H,2-3,5-6H2. The van der Waals surface area contributed by atoms with Crippen LogP contribution in [-0.2, 0) is 4.79 Å². The normalized spacial score (nSPS) is 17.8. The van der Waals surface area contributed by atoms with E-state index in [0.717, 1.165) is 42.5 Å². The van der Waals surface area contributed by atoms with Crippen LogP contribution < -0.4 is 4.90 Å². The molecule has 2 rings (SSSR count). The quantitative estimate of drug-likeness (QED) is 0.772. The second kappa shape index (κ2) is 4.75. The minimum absolute atomic E-state index is 0.244. The summed E-state index contributed by atoms with van der Waals surface area (Å²) >= 11 is 3.43. The lowest BCUT2D eigenvalue weighted by molar-refractivity contribution is -0.111. The Balaban J connectivity index is 2.04. The van der Waals surface area contributed by atoms with Crippen LogP contribution in [0.3, 0.4) is 0 Å². The second-order valence-corrected chi connectivity index (χ2v) is 4.71. The lowest BCUT2D eigenvalue weighted by Crippen LogP contribution is -2.34. The van der Waals surface area contributed by atoms with Gasteiger partial charge in [-0.05, 0) is 25.0 Å². The van der Waals surface area contributed by atoms with Gasteiger partial charge in [-0.15, -0.1) is 0 Å². The summed E-state index contributed by atoms with van der Waals surface area (Å²) in [4.78, 5) is 17.2. The summed E-state index contributed by atoms with van der Waals surface area (Å²) < 4.78 is 1.05. The van der Waals surface area contributed by atoms with E-state index in [4.69, 9.17) is 0 Å². The van der Waals surface area contributed by atoms with Gasteiger partial charge in [0.05, 0.1) is 0 Å². The predicted molar refractivity (Wildman–Crippen MR) is 62.9 cm³/mol. The summed E-state index contributed by atoms with van der Waals surface area (Å²) in [5.41, 5.74) is 0. The minimum Gasteiger partial charge on any atom is -0.357 e. The van der Waals surface area contributed by atoms with Gasteiger partial charge in [0, 0.05) is 29.7 Å². The number of aromatic nitrogens is 1. The highest BCUT2D eigenvalue weighted by Gasteiger charge is 2.19. The highest BCUT2D eigenvalue weighted by atomic mass is 79.9. The Morgan fingerprint density at radius 3 is 2.80 bits per heavy atom. The van der Waals surface area contributed by atoms with Crippen LogP contribution in [-0.4, -0.2) is 24.4 Å². The van der Waals surface area contributed by atoms with E-state index in [1.165, 1.54) is 0 Å². The lowest BCUT2D eigenvalue weighted by atomic mass is 9.99. The molecule has 0 unspecified atom stereocenters. The van der Waals surface area contributed by atoms with Crippen LogP contribution in [0.4, 0.5) is 5.82 Å². The van der Waals surface area contributed by atoms with Crippen molar-refractivity contribution < 1.29 is 4.79 Å². The van der Waals surface area contributed by atoms with E-state index in [1.54, 1.807) is 6.20 Å². The SMILES string of the molecule is O=CC1CCN(c2cc(Br)ccn2)CC1. The zero-order valence-electron chi connectivity index (χ0n) is 8.40. The van der Waals surface area contributed by atoms with E-state index >= 15 is 0 Å². The van der Waals surface area contributed by atoms with Gasteiger partial charge in [0.15, 0.2) is 0 Å².